The molecule has 1 heterocycles. The van der Waals surface area contributed by atoms with Crippen molar-refractivity contribution < 1.29 is 9.47 Å². The van der Waals surface area contributed by atoms with Gasteiger partial charge in [0.05, 0.1) is 17.6 Å². The number of aliphatic imine (C=N–C) groups is 1. The van der Waals surface area contributed by atoms with Gasteiger partial charge in [-0.2, -0.15) is 0 Å². The molecule has 8 heteroatoms. The summed E-state index contributed by atoms with van der Waals surface area (Å²) in [5, 5.41) is 6.75. The van der Waals surface area contributed by atoms with Gasteiger partial charge in [-0.1, -0.05) is 24.3 Å². The number of aryl methyl sites for hydroxylation is 2. The van der Waals surface area contributed by atoms with E-state index in [0.717, 1.165) is 52.8 Å². The van der Waals surface area contributed by atoms with Crippen LogP contribution in [0.5, 0.6) is 5.75 Å². The Hall–Kier alpha value is -2.33. The van der Waals surface area contributed by atoms with Crippen molar-refractivity contribution in [1.82, 2.24) is 20.2 Å². The van der Waals surface area contributed by atoms with Gasteiger partial charge in [-0.3, -0.25) is 4.99 Å². The topological polar surface area (TPSA) is 72.7 Å². The molecule has 1 aromatic heterocycles. The molecule has 0 radical (unpaired) electrons. The SMILES string of the molecule is CN=C(NCCn1c(C)nc2ccccc21)NCc1ccc(C)cc1OCCOC.I. The first-order valence-electron chi connectivity index (χ1n) is 10.2. The van der Waals surface area contributed by atoms with E-state index >= 15 is 0 Å². The molecule has 0 atom stereocenters. The van der Waals surface area contributed by atoms with Gasteiger partial charge in [0.2, 0.25) is 0 Å². The van der Waals surface area contributed by atoms with E-state index in [-0.39, 0.29) is 24.0 Å². The summed E-state index contributed by atoms with van der Waals surface area (Å²) >= 11 is 0. The quantitative estimate of drug-likeness (QED) is 0.189. The predicted octanol–water partition coefficient (Wildman–Crippen LogP) is 3.66. The number of aromatic nitrogens is 2. The number of fused-ring (bicyclic) bond motifs is 1. The Kier molecular flexibility index (Phi) is 10.1. The lowest BCUT2D eigenvalue weighted by molar-refractivity contribution is 0.145. The molecular formula is C23H32IN5O2. The highest BCUT2D eigenvalue weighted by Crippen LogP contribution is 2.20. The third kappa shape index (κ3) is 6.83. The average Bonchev–Trinajstić information content (AvgIpc) is 3.07. The summed E-state index contributed by atoms with van der Waals surface area (Å²) in [4.78, 5) is 8.96. The minimum Gasteiger partial charge on any atom is -0.491 e. The second-order valence-corrected chi connectivity index (χ2v) is 7.10. The monoisotopic (exact) mass is 537 g/mol. The number of rotatable bonds is 9. The van der Waals surface area contributed by atoms with Gasteiger partial charge in [0.25, 0.3) is 0 Å². The van der Waals surface area contributed by atoms with Crippen LogP contribution in [0.4, 0.5) is 0 Å². The summed E-state index contributed by atoms with van der Waals surface area (Å²) < 4.78 is 13.2. The van der Waals surface area contributed by atoms with E-state index in [1.165, 1.54) is 0 Å². The minimum atomic E-state index is 0. The Morgan fingerprint density at radius 2 is 1.90 bits per heavy atom. The molecule has 0 unspecified atom stereocenters. The first kappa shape index (κ1) is 24.9. The zero-order valence-electron chi connectivity index (χ0n) is 18.6. The molecule has 7 nitrogen and oxygen atoms in total. The Morgan fingerprint density at radius 3 is 2.68 bits per heavy atom. The number of hydrogen-bond acceptors (Lipinski definition) is 4. The number of methoxy groups -OCH3 is 1. The maximum absolute atomic E-state index is 5.87. The van der Waals surface area contributed by atoms with Gasteiger partial charge in [0.15, 0.2) is 5.96 Å². The summed E-state index contributed by atoms with van der Waals surface area (Å²) in [6.07, 6.45) is 0. The van der Waals surface area contributed by atoms with E-state index in [2.05, 4.69) is 56.4 Å². The van der Waals surface area contributed by atoms with Crippen LogP contribution in [-0.4, -0.2) is 49.4 Å². The molecule has 2 aromatic carbocycles. The van der Waals surface area contributed by atoms with Crippen molar-refractivity contribution in [2.75, 3.05) is 33.9 Å². The van der Waals surface area contributed by atoms with E-state index in [4.69, 9.17) is 9.47 Å². The van der Waals surface area contributed by atoms with Gasteiger partial charge in [-0.25, -0.2) is 4.98 Å². The molecule has 0 bridgehead atoms. The van der Waals surface area contributed by atoms with Crippen molar-refractivity contribution in [2.24, 2.45) is 4.99 Å². The van der Waals surface area contributed by atoms with Crippen molar-refractivity contribution in [3.63, 3.8) is 0 Å². The molecule has 0 fully saturated rings. The molecular weight excluding hydrogens is 505 g/mol. The predicted molar refractivity (Wildman–Crippen MR) is 137 cm³/mol. The molecule has 0 saturated carbocycles. The molecule has 0 aliphatic carbocycles. The Labute approximate surface area is 201 Å². The highest BCUT2D eigenvalue weighted by molar-refractivity contribution is 14.0. The molecule has 3 rings (SSSR count). The standard InChI is InChI=1S/C23H31N5O2.HI/c1-17-9-10-19(22(15-17)30-14-13-29-4)16-26-23(24-3)25-11-12-28-18(2)27-20-7-5-6-8-21(20)28;/h5-10,15H,11-14,16H2,1-4H3,(H2,24,25,26);1H. The fourth-order valence-electron chi connectivity index (χ4n) is 3.34. The van der Waals surface area contributed by atoms with Crippen LogP contribution in [0.2, 0.25) is 0 Å². The van der Waals surface area contributed by atoms with Gasteiger partial charge < -0.3 is 24.7 Å². The molecule has 0 spiro atoms. The highest BCUT2D eigenvalue weighted by atomic mass is 127. The van der Waals surface area contributed by atoms with E-state index < -0.39 is 0 Å². The molecule has 0 aliphatic rings. The number of nitrogens with one attached hydrogen (secondary N) is 2. The fraction of sp³-hybridized carbons (Fsp3) is 0.391. The summed E-state index contributed by atoms with van der Waals surface area (Å²) in [7, 11) is 3.45. The maximum Gasteiger partial charge on any atom is 0.191 e. The number of halogens is 1. The maximum atomic E-state index is 5.87. The summed E-state index contributed by atoms with van der Waals surface area (Å²) in [6.45, 7) is 7.35. The molecule has 3 aromatic rings. The van der Waals surface area contributed by atoms with Crippen LogP contribution < -0.4 is 15.4 Å². The minimum absolute atomic E-state index is 0. The van der Waals surface area contributed by atoms with E-state index in [9.17, 15) is 0 Å². The van der Waals surface area contributed by atoms with Crippen molar-refractivity contribution in [3.05, 3.63) is 59.4 Å². The third-order valence-corrected chi connectivity index (χ3v) is 4.91. The van der Waals surface area contributed by atoms with Crippen LogP contribution in [-0.2, 0) is 17.8 Å². The fourth-order valence-corrected chi connectivity index (χ4v) is 3.34. The molecule has 0 amide bonds. The van der Waals surface area contributed by atoms with Crippen molar-refractivity contribution in [3.8, 4) is 5.75 Å². The first-order chi connectivity index (χ1) is 14.6. The third-order valence-electron chi connectivity index (χ3n) is 4.91. The van der Waals surface area contributed by atoms with Gasteiger partial charge in [0, 0.05) is 39.4 Å². The number of ether oxygens (including phenoxy) is 2. The second-order valence-electron chi connectivity index (χ2n) is 7.10. The van der Waals surface area contributed by atoms with Crippen LogP contribution in [0, 0.1) is 13.8 Å². The number of para-hydroxylation sites is 2. The largest absolute Gasteiger partial charge is 0.491 e. The highest BCUT2D eigenvalue weighted by Gasteiger charge is 2.08. The van der Waals surface area contributed by atoms with E-state index in [1.54, 1.807) is 14.2 Å². The zero-order valence-corrected chi connectivity index (χ0v) is 21.0. The Morgan fingerprint density at radius 1 is 1.10 bits per heavy atom. The lowest BCUT2D eigenvalue weighted by atomic mass is 10.1. The first-order valence-corrected chi connectivity index (χ1v) is 10.2. The number of guanidine groups is 1. The number of benzene rings is 2. The van der Waals surface area contributed by atoms with Gasteiger partial charge >= 0.3 is 0 Å². The van der Waals surface area contributed by atoms with Crippen LogP contribution >= 0.6 is 24.0 Å². The number of nitrogens with zero attached hydrogens (tertiary/aromatic N) is 3. The smallest absolute Gasteiger partial charge is 0.191 e. The zero-order chi connectivity index (χ0) is 21.3. The normalized spacial score (nSPS) is 11.3. The van der Waals surface area contributed by atoms with Crippen LogP contribution in [0.25, 0.3) is 11.0 Å². The lowest BCUT2D eigenvalue weighted by Gasteiger charge is -2.16. The molecule has 2 N–H and O–H groups in total. The van der Waals surface area contributed by atoms with E-state index in [0.29, 0.717) is 19.8 Å². The van der Waals surface area contributed by atoms with Crippen LogP contribution in [0.3, 0.4) is 0 Å². The second kappa shape index (κ2) is 12.5. The summed E-state index contributed by atoms with van der Waals surface area (Å²) in [5.41, 5.74) is 4.42. The van der Waals surface area contributed by atoms with E-state index in [1.807, 2.05) is 25.1 Å². The molecule has 0 aliphatic heterocycles. The lowest BCUT2D eigenvalue weighted by Crippen LogP contribution is -2.38. The van der Waals surface area contributed by atoms with Crippen LogP contribution in [0.15, 0.2) is 47.5 Å². The van der Waals surface area contributed by atoms with Gasteiger partial charge in [0.1, 0.15) is 18.2 Å². The average molecular weight is 537 g/mol. The van der Waals surface area contributed by atoms with Gasteiger partial charge in [-0.05, 0) is 37.6 Å². The molecule has 168 valence electrons. The van der Waals surface area contributed by atoms with Crippen LogP contribution in [0.1, 0.15) is 17.0 Å². The molecule has 31 heavy (non-hydrogen) atoms. The van der Waals surface area contributed by atoms with Crippen molar-refractivity contribution in [1.29, 1.82) is 0 Å². The Balaban J connectivity index is 0.00000341. The van der Waals surface area contributed by atoms with Crippen molar-refractivity contribution >= 4 is 41.0 Å². The van der Waals surface area contributed by atoms with Crippen molar-refractivity contribution in [2.45, 2.75) is 26.9 Å². The Bertz CT molecular complexity index is 1000. The number of imidazole rings is 1. The van der Waals surface area contributed by atoms with Gasteiger partial charge in [-0.15, -0.1) is 24.0 Å². The summed E-state index contributed by atoms with van der Waals surface area (Å²) in [6, 6.07) is 14.4. The number of hydrogen-bond donors (Lipinski definition) is 2. The summed E-state index contributed by atoms with van der Waals surface area (Å²) in [5.74, 6) is 2.63. The molecule has 0 saturated heterocycles.